The quantitative estimate of drug-likeness (QED) is 0.716. The molecule has 0 radical (unpaired) electrons. The van der Waals surface area contributed by atoms with E-state index in [1.54, 1.807) is 18.7 Å². The molecular formula is C20H21N3O2. The molecule has 1 aromatic carbocycles. The zero-order valence-electron chi connectivity index (χ0n) is 14.2. The molecule has 0 aliphatic heterocycles. The van der Waals surface area contributed by atoms with Crippen LogP contribution in [0.15, 0.2) is 65.5 Å². The number of aromatic nitrogens is 2. The molecule has 1 amide bonds. The third kappa shape index (κ3) is 4.32. The molecular weight excluding hydrogens is 314 g/mol. The lowest BCUT2D eigenvalue weighted by Crippen LogP contribution is -2.26. The van der Waals surface area contributed by atoms with E-state index in [0.29, 0.717) is 12.1 Å². The van der Waals surface area contributed by atoms with Gasteiger partial charge >= 0.3 is 0 Å². The fourth-order valence-electron chi connectivity index (χ4n) is 2.73. The minimum Gasteiger partial charge on any atom is -0.469 e. The van der Waals surface area contributed by atoms with E-state index in [1.165, 1.54) is 5.56 Å². The molecule has 0 bridgehead atoms. The van der Waals surface area contributed by atoms with Crippen molar-refractivity contribution in [2.45, 2.75) is 25.7 Å². The lowest BCUT2D eigenvalue weighted by Gasteiger charge is -2.15. The molecule has 0 aliphatic carbocycles. The Labute approximate surface area is 147 Å². The van der Waals surface area contributed by atoms with Crippen molar-refractivity contribution in [3.63, 3.8) is 0 Å². The summed E-state index contributed by atoms with van der Waals surface area (Å²) in [6.07, 6.45) is 6.32. The summed E-state index contributed by atoms with van der Waals surface area (Å²) in [5, 5.41) is 2.94. The summed E-state index contributed by atoms with van der Waals surface area (Å²) in [6.45, 7) is 2.52. The van der Waals surface area contributed by atoms with Crippen LogP contribution >= 0.6 is 0 Å². The highest BCUT2D eigenvalue weighted by Gasteiger charge is 2.17. The SMILES string of the molecule is CCc1ncc(C(=O)NCCC(c2ccccc2)c2ccco2)cn1. The van der Waals surface area contributed by atoms with Crippen molar-refractivity contribution in [1.29, 1.82) is 0 Å². The first-order valence-electron chi connectivity index (χ1n) is 8.45. The van der Waals surface area contributed by atoms with Crippen molar-refractivity contribution in [3.05, 3.63) is 83.8 Å². The zero-order valence-corrected chi connectivity index (χ0v) is 14.2. The lowest BCUT2D eigenvalue weighted by atomic mass is 9.93. The van der Waals surface area contributed by atoms with Gasteiger partial charge in [-0.1, -0.05) is 37.3 Å². The standard InChI is InChI=1S/C20H21N3O2/c1-2-19-22-13-16(14-23-19)20(24)21-11-10-17(18-9-6-12-25-18)15-7-4-3-5-8-15/h3-9,12-14,17H,2,10-11H2,1H3,(H,21,24). The average Bonchev–Trinajstić information content (AvgIpc) is 3.20. The molecule has 128 valence electrons. The predicted molar refractivity (Wildman–Crippen MR) is 95.4 cm³/mol. The van der Waals surface area contributed by atoms with Gasteiger partial charge in [0.2, 0.25) is 0 Å². The number of hydrogen-bond acceptors (Lipinski definition) is 4. The van der Waals surface area contributed by atoms with Crippen LogP contribution in [0.25, 0.3) is 0 Å². The molecule has 2 aromatic heterocycles. The Hall–Kier alpha value is -2.95. The van der Waals surface area contributed by atoms with Crippen LogP contribution in [0.1, 0.15) is 46.8 Å². The highest BCUT2D eigenvalue weighted by molar-refractivity contribution is 5.93. The Bertz CT molecular complexity index is 784. The van der Waals surface area contributed by atoms with Crippen LogP contribution in [0.2, 0.25) is 0 Å². The fourth-order valence-corrected chi connectivity index (χ4v) is 2.73. The van der Waals surface area contributed by atoms with Crippen LogP contribution in [0.5, 0.6) is 0 Å². The van der Waals surface area contributed by atoms with Gasteiger partial charge in [-0.25, -0.2) is 9.97 Å². The summed E-state index contributed by atoms with van der Waals surface area (Å²) in [6, 6.07) is 14.0. The van der Waals surface area contributed by atoms with Crippen LogP contribution in [0, 0.1) is 0 Å². The number of benzene rings is 1. The molecule has 25 heavy (non-hydrogen) atoms. The van der Waals surface area contributed by atoms with Gasteiger partial charge in [0.15, 0.2) is 0 Å². The number of nitrogens with one attached hydrogen (secondary N) is 1. The molecule has 0 saturated heterocycles. The van der Waals surface area contributed by atoms with E-state index in [2.05, 4.69) is 27.4 Å². The van der Waals surface area contributed by atoms with E-state index in [9.17, 15) is 4.79 Å². The molecule has 3 aromatic rings. The first-order valence-corrected chi connectivity index (χ1v) is 8.45. The number of amides is 1. The van der Waals surface area contributed by atoms with Crippen molar-refractivity contribution in [1.82, 2.24) is 15.3 Å². The van der Waals surface area contributed by atoms with E-state index < -0.39 is 0 Å². The summed E-state index contributed by atoms with van der Waals surface area (Å²) >= 11 is 0. The van der Waals surface area contributed by atoms with E-state index in [0.717, 1.165) is 24.4 Å². The maximum absolute atomic E-state index is 12.2. The molecule has 0 saturated carbocycles. The van der Waals surface area contributed by atoms with Gasteiger partial charge in [0.05, 0.1) is 11.8 Å². The Morgan fingerprint density at radius 1 is 1.12 bits per heavy atom. The maximum atomic E-state index is 12.2. The third-order valence-corrected chi connectivity index (χ3v) is 4.09. The fraction of sp³-hybridized carbons (Fsp3) is 0.250. The van der Waals surface area contributed by atoms with Crippen molar-refractivity contribution < 1.29 is 9.21 Å². The van der Waals surface area contributed by atoms with E-state index in [1.807, 2.05) is 37.3 Å². The summed E-state index contributed by atoms with van der Waals surface area (Å²) in [7, 11) is 0. The summed E-state index contributed by atoms with van der Waals surface area (Å²) in [5.41, 5.74) is 1.65. The molecule has 1 atom stereocenters. The molecule has 2 heterocycles. The van der Waals surface area contributed by atoms with E-state index in [4.69, 9.17) is 4.42 Å². The number of carbonyl (C=O) groups is 1. The zero-order chi connectivity index (χ0) is 17.5. The molecule has 5 heteroatoms. The molecule has 1 N–H and O–H groups in total. The molecule has 5 nitrogen and oxygen atoms in total. The monoisotopic (exact) mass is 335 g/mol. The second-order valence-corrected chi connectivity index (χ2v) is 5.76. The second kappa shape index (κ2) is 8.24. The molecule has 0 fully saturated rings. The van der Waals surface area contributed by atoms with Crippen LogP contribution in [0.4, 0.5) is 0 Å². The first-order chi connectivity index (χ1) is 12.3. The van der Waals surface area contributed by atoms with Gasteiger partial charge in [-0.3, -0.25) is 4.79 Å². The summed E-state index contributed by atoms with van der Waals surface area (Å²) in [5.74, 6) is 1.58. The normalized spacial score (nSPS) is 11.9. The topological polar surface area (TPSA) is 68.0 Å². The smallest absolute Gasteiger partial charge is 0.254 e. The van der Waals surface area contributed by atoms with Gasteiger partial charge in [-0.05, 0) is 24.1 Å². The number of nitrogens with zero attached hydrogens (tertiary/aromatic N) is 2. The Morgan fingerprint density at radius 2 is 1.88 bits per heavy atom. The van der Waals surface area contributed by atoms with Crippen LogP contribution in [-0.2, 0) is 6.42 Å². The number of hydrogen-bond donors (Lipinski definition) is 1. The lowest BCUT2D eigenvalue weighted by molar-refractivity contribution is 0.0951. The van der Waals surface area contributed by atoms with Crippen LogP contribution in [-0.4, -0.2) is 22.4 Å². The van der Waals surface area contributed by atoms with Gasteiger partial charge in [0.1, 0.15) is 11.6 Å². The number of furan rings is 1. The van der Waals surface area contributed by atoms with Crippen molar-refractivity contribution >= 4 is 5.91 Å². The Kier molecular flexibility index (Phi) is 5.57. The number of carbonyl (C=O) groups excluding carboxylic acids is 1. The average molecular weight is 335 g/mol. The summed E-state index contributed by atoms with van der Waals surface area (Å²) in [4.78, 5) is 20.6. The minimum atomic E-state index is -0.158. The van der Waals surface area contributed by atoms with Crippen molar-refractivity contribution in [3.8, 4) is 0 Å². The molecule has 1 unspecified atom stereocenters. The molecule has 0 spiro atoms. The minimum absolute atomic E-state index is 0.107. The van der Waals surface area contributed by atoms with Crippen molar-refractivity contribution in [2.24, 2.45) is 0 Å². The Balaban J connectivity index is 1.62. The molecule has 3 rings (SSSR count). The highest BCUT2D eigenvalue weighted by atomic mass is 16.3. The Morgan fingerprint density at radius 3 is 2.52 bits per heavy atom. The highest BCUT2D eigenvalue weighted by Crippen LogP contribution is 2.27. The van der Waals surface area contributed by atoms with E-state index in [-0.39, 0.29) is 11.8 Å². The van der Waals surface area contributed by atoms with E-state index >= 15 is 0 Å². The number of rotatable bonds is 7. The predicted octanol–water partition coefficient (Wildman–Crippen LogP) is 3.58. The largest absolute Gasteiger partial charge is 0.469 e. The van der Waals surface area contributed by atoms with Crippen LogP contribution in [0.3, 0.4) is 0 Å². The van der Waals surface area contributed by atoms with Gasteiger partial charge in [-0.15, -0.1) is 0 Å². The van der Waals surface area contributed by atoms with Gasteiger partial charge in [-0.2, -0.15) is 0 Å². The maximum Gasteiger partial charge on any atom is 0.254 e. The van der Waals surface area contributed by atoms with Crippen molar-refractivity contribution in [2.75, 3.05) is 6.54 Å². The second-order valence-electron chi connectivity index (χ2n) is 5.76. The van der Waals surface area contributed by atoms with Gasteiger partial charge < -0.3 is 9.73 Å². The first kappa shape index (κ1) is 16.9. The van der Waals surface area contributed by atoms with Gasteiger partial charge in [0.25, 0.3) is 5.91 Å². The number of aryl methyl sites for hydroxylation is 1. The molecule has 0 aliphatic rings. The third-order valence-electron chi connectivity index (χ3n) is 4.09. The summed E-state index contributed by atoms with van der Waals surface area (Å²) < 4.78 is 5.59. The van der Waals surface area contributed by atoms with Gasteiger partial charge in [0, 0.05) is 31.3 Å². The van der Waals surface area contributed by atoms with Crippen LogP contribution < -0.4 is 5.32 Å².